The Morgan fingerprint density at radius 3 is 2.79 bits per heavy atom. The van der Waals surface area contributed by atoms with Gasteiger partial charge in [-0.25, -0.2) is 14.5 Å². The Balaban J connectivity index is 1.58. The van der Waals surface area contributed by atoms with Gasteiger partial charge in [-0.15, -0.1) is 11.3 Å². The lowest BCUT2D eigenvalue weighted by molar-refractivity contribution is -0.148. The molecule has 0 fully saturated rings. The van der Waals surface area contributed by atoms with Gasteiger partial charge in [0.2, 0.25) is 0 Å². The molecule has 0 aliphatic rings. The van der Waals surface area contributed by atoms with Gasteiger partial charge in [0.15, 0.2) is 18.3 Å². The number of thiazole rings is 1. The van der Waals surface area contributed by atoms with Crippen LogP contribution < -0.4 is 0 Å². The summed E-state index contributed by atoms with van der Waals surface area (Å²) < 4.78 is 6.69. The number of nitrogens with zero attached hydrogens (tertiary/aromatic N) is 6. The molecule has 3 heterocycles. The molecule has 28 heavy (non-hydrogen) atoms. The third-order valence-corrected chi connectivity index (χ3v) is 5.31. The third-order valence-electron chi connectivity index (χ3n) is 4.28. The molecule has 0 N–H and O–H groups in total. The van der Waals surface area contributed by atoms with Crippen molar-refractivity contribution in [2.45, 2.75) is 39.5 Å². The van der Waals surface area contributed by atoms with Gasteiger partial charge in [0.25, 0.3) is 5.78 Å². The zero-order valence-electron chi connectivity index (χ0n) is 15.7. The van der Waals surface area contributed by atoms with Crippen LogP contribution in [-0.2, 0) is 20.7 Å². The van der Waals surface area contributed by atoms with Gasteiger partial charge in [-0.2, -0.15) is 15.3 Å². The van der Waals surface area contributed by atoms with Crippen molar-refractivity contribution in [3.05, 3.63) is 39.4 Å². The van der Waals surface area contributed by atoms with E-state index < -0.39 is 24.3 Å². The lowest BCUT2D eigenvalue weighted by Crippen LogP contribution is -2.20. The van der Waals surface area contributed by atoms with Crippen LogP contribution in [0.4, 0.5) is 0 Å². The normalized spacial score (nSPS) is 11.9. The highest BCUT2D eigenvalue weighted by Crippen LogP contribution is 2.21. The van der Waals surface area contributed by atoms with Gasteiger partial charge in [0.1, 0.15) is 11.3 Å². The number of aromatic nitrogens is 5. The molecule has 3 aromatic heterocycles. The predicted octanol–water partition coefficient (Wildman–Crippen LogP) is 1.86. The highest BCUT2D eigenvalue weighted by molar-refractivity contribution is 7.09. The van der Waals surface area contributed by atoms with E-state index in [2.05, 4.69) is 20.1 Å². The molecule has 0 spiro atoms. The fourth-order valence-corrected chi connectivity index (χ4v) is 3.68. The summed E-state index contributed by atoms with van der Waals surface area (Å²) in [6.45, 7) is 5.07. The van der Waals surface area contributed by atoms with Crippen molar-refractivity contribution >= 4 is 28.9 Å². The predicted molar refractivity (Wildman–Crippen MR) is 99.7 cm³/mol. The van der Waals surface area contributed by atoms with Gasteiger partial charge in [-0.3, -0.25) is 9.59 Å². The minimum Gasteiger partial charge on any atom is -0.458 e. The lowest BCUT2D eigenvalue weighted by Gasteiger charge is -2.10. The standard InChI is InChI=1S/C18H18N6O3S/c1-10-8-28-17(22-10)14(6-19)15(25)7-27-16(26)5-4-13-11(2)23-18-20-9-21-24(18)12(13)3/h8-9,14H,4-5,7H2,1-3H3/t14-/m1/s1. The molecular weight excluding hydrogens is 380 g/mol. The first kappa shape index (κ1) is 19.6. The van der Waals surface area contributed by atoms with Crippen molar-refractivity contribution < 1.29 is 14.3 Å². The van der Waals surface area contributed by atoms with Crippen molar-refractivity contribution in [1.82, 2.24) is 24.6 Å². The molecule has 9 nitrogen and oxygen atoms in total. The monoisotopic (exact) mass is 398 g/mol. The van der Waals surface area contributed by atoms with E-state index in [1.807, 2.05) is 19.9 Å². The summed E-state index contributed by atoms with van der Waals surface area (Å²) in [4.78, 5) is 36.9. The van der Waals surface area contributed by atoms with Crippen LogP contribution in [-0.4, -0.2) is 42.9 Å². The number of hydrogen-bond donors (Lipinski definition) is 0. The number of ketones is 1. The number of carbonyl (C=O) groups excluding carboxylic acids is 2. The molecule has 3 rings (SSSR count). The number of nitriles is 1. The van der Waals surface area contributed by atoms with Crippen LogP contribution in [0.15, 0.2) is 11.7 Å². The van der Waals surface area contributed by atoms with E-state index in [0.29, 0.717) is 17.2 Å². The van der Waals surface area contributed by atoms with E-state index >= 15 is 0 Å². The van der Waals surface area contributed by atoms with Crippen molar-refractivity contribution in [2.75, 3.05) is 6.61 Å². The molecule has 3 aromatic rings. The first-order valence-corrected chi connectivity index (χ1v) is 9.44. The van der Waals surface area contributed by atoms with E-state index in [1.165, 1.54) is 17.7 Å². The Labute approximate surface area is 165 Å². The second-order valence-corrected chi connectivity index (χ2v) is 7.14. The number of rotatable bonds is 7. The van der Waals surface area contributed by atoms with E-state index in [-0.39, 0.29) is 6.42 Å². The Morgan fingerprint density at radius 1 is 1.32 bits per heavy atom. The Hall–Kier alpha value is -3.19. The average Bonchev–Trinajstić information content (AvgIpc) is 3.29. The van der Waals surface area contributed by atoms with Crippen LogP contribution in [0.5, 0.6) is 0 Å². The molecule has 0 saturated carbocycles. The molecule has 1 atom stereocenters. The van der Waals surface area contributed by atoms with Gasteiger partial charge in [-0.05, 0) is 32.8 Å². The Morgan fingerprint density at radius 2 is 2.11 bits per heavy atom. The van der Waals surface area contributed by atoms with Gasteiger partial charge >= 0.3 is 5.97 Å². The molecule has 0 saturated heterocycles. The Bertz CT molecular complexity index is 1080. The van der Waals surface area contributed by atoms with Crippen molar-refractivity contribution in [3.8, 4) is 6.07 Å². The molecule has 10 heteroatoms. The molecule has 0 bridgehead atoms. The number of fused-ring (bicyclic) bond motifs is 1. The van der Waals surface area contributed by atoms with Gasteiger partial charge in [-0.1, -0.05) is 0 Å². The minimum absolute atomic E-state index is 0.0877. The van der Waals surface area contributed by atoms with Gasteiger partial charge < -0.3 is 4.74 Å². The maximum atomic E-state index is 12.2. The quantitative estimate of drug-likeness (QED) is 0.553. The zero-order valence-corrected chi connectivity index (χ0v) is 16.5. The van der Waals surface area contributed by atoms with E-state index in [0.717, 1.165) is 22.6 Å². The first-order valence-electron chi connectivity index (χ1n) is 8.56. The molecule has 144 valence electrons. The SMILES string of the molecule is Cc1csc([C@H](C#N)C(=O)COC(=O)CCc2c(C)nc3ncnn3c2C)n1. The third kappa shape index (κ3) is 4.04. The fraction of sp³-hybridized carbons (Fsp3) is 0.389. The summed E-state index contributed by atoms with van der Waals surface area (Å²) in [7, 11) is 0. The number of hydrogen-bond acceptors (Lipinski definition) is 9. The molecule has 0 amide bonds. The molecule has 0 aliphatic heterocycles. The summed E-state index contributed by atoms with van der Waals surface area (Å²) in [5.41, 5.74) is 3.25. The van der Waals surface area contributed by atoms with Crippen LogP contribution in [0.3, 0.4) is 0 Å². The minimum atomic E-state index is -1.02. The van der Waals surface area contributed by atoms with E-state index in [1.54, 1.807) is 16.8 Å². The van der Waals surface area contributed by atoms with E-state index in [4.69, 9.17) is 4.74 Å². The summed E-state index contributed by atoms with van der Waals surface area (Å²) in [6, 6.07) is 1.93. The Kier molecular flexibility index (Phi) is 5.75. The second kappa shape index (κ2) is 8.22. The van der Waals surface area contributed by atoms with Crippen molar-refractivity contribution in [3.63, 3.8) is 0 Å². The highest BCUT2D eigenvalue weighted by Gasteiger charge is 2.24. The van der Waals surface area contributed by atoms with Crippen molar-refractivity contribution in [1.29, 1.82) is 5.26 Å². The van der Waals surface area contributed by atoms with E-state index in [9.17, 15) is 14.9 Å². The largest absolute Gasteiger partial charge is 0.458 e. The van der Waals surface area contributed by atoms with Crippen LogP contribution in [0.25, 0.3) is 5.78 Å². The van der Waals surface area contributed by atoms with Crippen LogP contribution in [0, 0.1) is 32.1 Å². The lowest BCUT2D eigenvalue weighted by atomic mass is 10.1. The zero-order chi connectivity index (χ0) is 20.3. The molecule has 0 aliphatic carbocycles. The average molecular weight is 398 g/mol. The smallest absolute Gasteiger partial charge is 0.306 e. The number of aryl methyl sites for hydroxylation is 3. The van der Waals surface area contributed by atoms with Gasteiger partial charge in [0.05, 0.1) is 6.07 Å². The second-order valence-electron chi connectivity index (χ2n) is 6.25. The van der Waals surface area contributed by atoms with Crippen LogP contribution in [0.1, 0.15) is 40.0 Å². The topological polar surface area (TPSA) is 123 Å². The van der Waals surface area contributed by atoms with Crippen LogP contribution in [0.2, 0.25) is 0 Å². The molecule has 0 radical (unpaired) electrons. The number of esters is 1. The number of ether oxygens (including phenoxy) is 1. The summed E-state index contributed by atoms with van der Waals surface area (Å²) >= 11 is 1.24. The van der Waals surface area contributed by atoms with Gasteiger partial charge in [0, 0.05) is 28.9 Å². The first-order chi connectivity index (χ1) is 13.4. The maximum Gasteiger partial charge on any atom is 0.306 e. The fourth-order valence-electron chi connectivity index (χ4n) is 2.82. The van der Waals surface area contributed by atoms with Crippen LogP contribution >= 0.6 is 11.3 Å². The molecule has 0 aromatic carbocycles. The number of Topliss-reactive ketones (excluding diaryl/α,β-unsaturated/α-hetero) is 1. The summed E-state index contributed by atoms with van der Waals surface area (Å²) in [6.07, 6.45) is 1.92. The molecule has 0 unspecified atom stereocenters. The summed E-state index contributed by atoms with van der Waals surface area (Å²) in [5.74, 6) is -1.51. The summed E-state index contributed by atoms with van der Waals surface area (Å²) in [5, 5.41) is 15.5. The van der Waals surface area contributed by atoms with Crippen molar-refractivity contribution in [2.24, 2.45) is 0 Å². The number of carbonyl (C=O) groups is 2. The maximum absolute atomic E-state index is 12.2. The highest BCUT2D eigenvalue weighted by atomic mass is 32.1. The molecular formula is C18H18N6O3S.